The van der Waals surface area contributed by atoms with E-state index in [4.69, 9.17) is 4.74 Å². The summed E-state index contributed by atoms with van der Waals surface area (Å²) in [5.41, 5.74) is 1.25. The van der Waals surface area contributed by atoms with Gasteiger partial charge in [0.2, 0.25) is 0 Å². The van der Waals surface area contributed by atoms with Gasteiger partial charge >= 0.3 is 5.97 Å². The highest BCUT2D eigenvalue weighted by Gasteiger charge is 2.13. The van der Waals surface area contributed by atoms with Crippen molar-refractivity contribution in [2.75, 3.05) is 0 Å². The van der Waals surface area contributed by atoms with Crippen molar-refractivity contribution in [3.8, 4) is 0 Å². The Bertz CT molecular complexity index is 380. The highest BCUT2D eigenvalue weighted by atomic mass is 127. The van der Waals surface area contributed by atoms with Crippen LogP contribution in [0.1, 0.15) is 39.2 Å². The molecule has 0 N–H and O–H groups in total. The highest BCUT2D eigenvalue weighted by molar-refractivity contribution is 14.1. The van der Waals surface area contributed by atoms with E-state index in [2.05, 4.69) is 43.4 Å². The second-order valence-corrected chi connectivity index (χ2v) is 6.47. The van der Waals surface area contributed by atoms with Crippen molar-refractivity contribution in [2.45, 2.75) is 40.2 Å². The predicted molar refractivity (Wildman–Crippen MR) is 77.6 cm³/mol. The topological polar surface area (TPSA) is 26.3 Å². The molecule has 0 radical (unpaired) electrons. The van der Waals surface area contributed by atoms with Gasteiger partial charge in [-0.25, -0.2) is 0 Å². The second kappa shape index (κ2) is 6.38. The van der Waals surface area contributed by atoms with Crippen molar-refractivity contribution >= 4 is 28.6 Å². The molecular formula is C14H19IO2. The largest absolute Gasteiger partial charge is 0.461 e. The van der Waals surface area contributed by atoms with Crippen molar-refractivity contribution in [2.24, 2.45) is 5.41 Å². The number of benzene rings is 1. The molecule has 0 spiro atoms. The lowest BCUT2D eigenvalue weighted by atomic mass is 9.91. The summed E-state index contributed by atoms with van der Waals surface area (Å²) in [6.45, 7) is 6.75. The molecule has 0 aliphatic rings. The maximum Gasteiger partial charge on any atom is 0.306 e. The van der Waals surface area contributed by atoms with Crippen LogP contribution in [-0.4, -0.2) is 5.97 Å². The quantitative estimate of drug-likeness (QED) is 0.604. The Labute approximate surface area is 117 Å². The average molecular weight is 346 g/mol. The Balaban J connectivity index is 2.36. The van der Waals surface area contributed by atoms with Gasteiger partial charge in [-0.1, -0.05) is 39.0 Å². The van der Waals surface area contributed by atoms with Gasteiger partial charge in [0.05, 0.1) is 0 Å². The van der Waals surface area contributed by atoms with Gasteiger partial charge in [-0.05, 0) is 40.5 Å². The lowest BCUT2D eigenvalue weighted by Gasteiger charge is -2.17. The lowest BCUT2D eigenvalue weighted by molar-refractivity contribution is -0.145. The molecule has 17 heavy (non-hydrogen) atoms. The minimum absolute atomic E-state index is 0.112. The van der Waals surface area contributed by atoms with Gasteiger partial charge in [-0.15, -0.1) is 0 Å². The van der Waals surface area contributed by atoms with Gasteiger partial charge in [0.25, 0.3) is 0 Å². The highest BCUT2D eigenvalue weighted by Crippen LogP contribution is 2.21. The molecule has 0 saturated carbocycles. The molecule has 0 aromatic heterocycles. The van der Waals surface area contributed by atoms with E-state index < -0.39 is 0 Å². The Morgan fingerprint density at radius 3 is 2.53 bits per heavy atom. The summed E-state index contributed by atoms with van der Waals surface area (Å²) < 4.78 is 6.39. The number of hydrogen-bond donors (Lipinski definition) is 0. The van der Waals surface area contributed by atoms with E-state index in [0.717, 1.165) is 15.6 Å². The van der Waals surface area contributed by atoms with E-state index in [9.17, 15) is 4.79 Å². The van der Waals surface area contributed by atoms with Crippen LogP contribution in [0, 0.1) is 8.99 Å². The fourth-order valence-corrected chi connectivity index (χ4v) is 1.87. The summed E-state index contributed by atoms with van der Waals surface area (Å²) in [7, 11) is 0. The molecule has 1 aromatic rings. The predicted octanol–water partition coefficient (Wildman–Crippen LogP) is 4.16. The number of ether oxygens (including phenoxy) is 1. The summed E-state index contributed by atoms with van der Waals surface area (Å²) in [4.78, 5) is 11.5. The Morgan fingerprint density at radius 1 is 1.29 bits per heavy atom. The standard InChI is InChI=1S/C14H19IO2/c1-14(2,3)9-8-13(16)17-10-11-6-4-5-7-12(11)15/h4-7H,8-10H2,1-3H3. The van der Waals surface area contributed by atoms with E-state index in [-0.39, 0.29) is 11.4 Å². The van der Waals surface area contributed by atoms with Crippen LogP contribution in [0.5, 0.6) is 0 Å². The normalized spacial score (nSPS) is 11.3. The van der Waals surface area contributed by atoms with E-state index in [1.807, 2.05) is 24.3 Å². The van der Waals surface area contributed by atoms with E-state index in [1.54, 1.807) is 0 Å². The number of carbonyl (C=O) groups is 1. The SMILES string of the molecule is CC(C)(C)CCC(=O)OCc1ccccc1I. The fraction of sp³-hybridized carbons (Fsp3) is 0.500. The van der Waals surface area contributed by atoms with Crippen LogP contribution in [0.2, 0.25) is 0 Å². The van der Waals surface area contributed by atoms with Gasteiger partial charge < -0.3 is 4.74 Å². The number of esters is 1. The number of halogens is 1. The first-order valence-corrected chi connectivity index (χ1v) is 6.85. The zero-order valence-electron chi connectivity index (χ0n) is 10.6. The minimum Gasteiger partial charge on any atom is -0.461 e. The van der Waals surface area contributed by atoms with Gasteiger partial charge in [0.15, 0.2) is 0 Å². The van der Waals surface area contributed by atoms with Crippen molar-refractivity contribution in [3.05, 3.63) is 33.4 Å². The third-order valence-corrected chi connectivity index (χ3v) is 3.48. The van der Waals surface area contributed by atoms with Gasteiger partial charge in [-0.3, -0.25) is 4.79 Å². The minimum atomic E-state index is -0.112. The van der Waals surface area contributed by atoms with Gasteiger partial charge in [0, 0.05) is 15.6 Å². The molecule has 2 nitrogen and oxygen atoms in total. The molecule has 0 atom stereocenters. The molecule has 0 heterocycles. The summed E-state index contributed by atoms with van der Waals surface area (Å²) in [5, 5.41) is 0. The summed E-state index contributed by atoms with van der Waals surface area (Å²) in [6.07, 6.45) is 1.35. The van der Waals surface area contributed by atoms with Crippen molar-refractivity contribution in [3.63, 3.8) is 0 Å². The molecule has 3 heteroatoms. The fourth-order valence-electron chi connectivity index (χ4n) is 1.32. The van der Waals surface area contributed by atoms with Gasteiger partial charge in [0.1, 0.15) is 6.61 Å². The maximum absolute atomic E-state index is 11.5. The van der Waals surface area contributed by atoms with Crippen LogP contribution in [0.4, 0.5) is 0 Å². The van der Waals surface area contributed by atoms with Crippen LogP contribution in [0.3, 0.4) is 0 Å². The van der Waals surface area contributed by atoms with Crippen LogP contribution in [-0.2, 0) is 16.1 Å². The van der Waals surface area contributed by atoms with Gasteiger partial charge in [-0.2, -0.15) is 0 Å². The van der Waals surface area contributed by atoms with Crippen LogP contribution in [0.15, 0.2) is 24.3 Å². The molecule has 0 fully saturated rings. The molecular weight excluding hydrogens is 327 g/mol. The molecule has 0 aliphatic heterocycles. The molecule has 1 rings (SSSR count). The third kappa shape index (κ3) is 6.05. The monoisotopic (exact) mass is 346 g/mol. The first kappa shape index (κ1) is 14.5. The maximum atomic E-state index is 11.5. The first-order valence-electron chi connectivity index (χ1n) is 5.77. The molecule has 0 saturated heterocycles. The zero-order chi connectivity index (χ0) is 12.9. The molecule has 0 aliphatic carbocycles. The van der Waals surface area contributed by atoms with Crippen molar-refractivity contribution in [1.29, 1.82) is 0 Å². The van der Waals surface area contributed by atoms with E-state index >= 15 is 0 Å². The molecule has 94 valence electrons. The number of rotatable bonds is 4. The lowest BCUT2D eigenvalue weighted by Crippen LogP contribution is -2.11. The van der Waals surface area contributed by atoms with Crippen LogP contribution < -0.4 is 0 Å². The zero-order valence-corrected chi connectivity index (χ0v) is 12.8. The van der Waals surface area contributed by atoms with Crippen molar-refractivity contribution in [1.82, 2.24) is 0 Å². The van der Waals surface area contributed by atoms with E-state index in [1.165, 1.54) is 0 Å². The number of carbonyl (C=O) groups excluding carboxylic acids is 1. The van der Waals surface area contributed by atoms with Crippen LogP contribution in [0.25, 0.3) is 0 Å². The second-order valence-electron chi connectivity index (χ2n) is 5.31. The summed E-state index contributed by atoms with van der Waals surface area (Å²) in [6, 6.07) is 7.94. The van der Waals surface area contributed by atoms with Crippen molar-refractivity contribution < 1.29 is 9.53 Å². The first-order chi connectivity index (χ1) is 7.88. The Hall–Kier alpha value is -0.580. The van der Waals surface area contributed by atoms with E-state index in [0.29, 0.717) is 13.0 Å². The Morgan fingerprint density at radius 2 is 1.94 bits per heavy atom. The third-order valence-electron chi connectivity index (χ3n) is 2.43. The average Bonchev–Trinajstić information content (AvgIpc) is 2.24. The summed E-state index contributed by atoms with van der Waals surface area (Å²) >= 11 is 2.25. The molecule has 1 aromatic carbocycles. The Kier molecular flexibility index (Phi) is 5.43. The number of hydrogen-bond acceptors (Lipinski definition) is 2. The summed E-state index contributed by atoms with van der Waals surface area (Å²) in [5.74, 6) is -0.112. The molecule has 0 unspecified atom stereocenters. The molecule has 0 amide bonds. The smallest absolute Gasteiger partial charge is 0.306 e. The molecule has 0 bridgehead atoms. The van der Waals surface area contributed by atoms with Crippen LogP contribution >= 0.6 is 22.6 Å².